The quantitative estimate of drug-likeness (QED) is 0.475. The largest absolute Gasteiger partial charge is 0.382 e. The van der Waals surface area contributed by atoms with E-state index in [-0.39, 0.29) is 0 Å². The first kappa shape index (κ1) is 9.73. The van der Waals surface area contributed by atoms with Gasteiger partial charge in [-0.1, -0.05) is 28.1 Å². The highest BCUT2D eigenvalue weighted by atomic mass is 79.9. The summed E-state index contributed by atoms with van der Waals surface area (Å²) in [5, 5.41) is 7.09. The third-order valence-corrected chi connectivity index (χ3v) is 1.85. The topological polar surface area (TPSA) is 62.8 Å². The molecule has 1 rings (SSSR count). The first-order valence-electron chi connectivity index (χ1n) is 3.54. The van der Waals surface area contributed by atoms with Gasteiger partial charge in [-0.05, 0) is 12.1 Å². The van der Waals surface area contributed by atoms with Gasteiger partial charge in [-0.25, -0.2) is 0 Å². The number of rotatable bonds is 3. The van der Waals surface area contributed by atoms with Crippen molar-refractivity contribution in [3.8, 4) is 0 Å². The molecule has 0 bridgehead atoms. The number of hydrogen-bond acceptors (Lipinski definition) is 3. The zero-order valence-electron chi connectivity index (χ0n) is 6.87. The van der Waals surface area contributed by atoms with Crippen molar-refractivity contribution >= 4 is 28.5 Å². The predicted molar refractivity (Wildman–Crippen MR) is 57.6 cm³/mol. The van der Waals surface area contributed by atoms with Crippen LogP contribution in [0.3, 0.4) is 0 Å². The van der Waals surface area contributed by atoms with Crippen LogP contribution in [0.5, 0.6) is 0 Å². The monoisotopic (exact) mass is 240 g/mol. The molecule has 0 aromatic heterocycles. The maximum absolute atomic E-state index is 5.63. The Labute approximate surface area is 84.6 Å². The minimum absolute atomic E-state index is 0.369. The number of hydrogen-bond donors (Lipinski definition) is 2. The Kier molecular flexibility index (Phi) is 3.45. The molecule has 0 aliphatic rings. The van der Waals surface area contributed by atoms with Crippen molar-refractivity contribution in [1.29, 1.82) is 0 Å². The molecule has 0 radical (unpaired) electrons. The van der Waals surface area contributed by atoms with Gasteiger partial charge in [0.1, 0.15) is 0 Å². The van der Waals surface area contributed by atoms with E-state index < -0.39 is 0 Å². The highest BCUT2D eigenvalue weighted by molar-refractivity contribution is 9.10. The molecule has 0 saturated carbocycles. The molecule has 1 aromatic carbocycles. The summed E-state index contributed by atoms with van der Waals surface area (Å²) in [6.07, 6.45) is 0. The van der Waals surface area contributed by atoms with Crippen LogP contribution in [0.4, 0.5) is 0 Å². The van der Waals surface area contributed by atoms with Gasteiger partial charge in [0.05, 0.1) is 0 Å². The van der Waals surface area contributed by atoms with Gasteiger partial charge in [-0.3, -0.25) is 0 Å². The number of benzene rings is 1. The van der Waals surface area contributed by atoms with E-state index >= 15 is 0 Å². The van der Waals surface area contributed by atoms with Crippen molar-refractivity contribution in [1.82, 2.24) is 5.53 Å². The molecule has 68 valence electrons. The molecule has 13 heavy (non-hydrogen) atoms. The molecule has 0 heterocycles. The second kappa shape index (κ2) is 4.61. The van der Waals surface area contributed by atoms with E-state index in [4.69, 9.17) is 5.73 Å². The highest BCUT2D eigenvalue weighted by Gasteiger charge is 1.97. The number of halogens is 1. The molecular weight excluding hydrogens is 232 g/mol. The van der Waals surface area contributed by atoms with E-state index in [1.165, 1.54) is 0 Å². The van der Waals surface area contributed by atoms with Crippen molar-refractivity contribution < 1.29 is 0 Å². The van der Waals surface area contributed by atoms with E-state index in [9.17, 15) is 0 Å². The van der Waals surface area contributed by atoms with Gasteiger partial charge >= 0.3 is 0 Å². The first-order chi connectivity index (χ1) is 6.24. The van der Waals surface area contributed by atoms with Crippen LogP contribution in [0.15, 0.2) is 38.9 Å². The lowest BCUT2D eigenvalue weighted by Gasteiger charge is -1.99. The van der Waals surface area contributed by atoms with Crippen molar-refractivity contribution in [3.63, 3.8) is 0 Å². The standard InChI is InChI=1S/C8H9BrN4/c1-11-13-12-8(10)6-3-2-4-7(9)5-6/h2-5,13H,1H2,(H2,10,12). The van der Waals surface area contributed by atoms with Crippen LogP contribution in [0.25, 0.3) is 0 Å². The van der Waals surface area contributed by atoms with E-state index in [1.807, 2.05) is 24.3 Å². The van der Waals surface area contributed by atoms with E-state index in [1.54, 1.807) is 0 Å². The zero-order valence-corrected chi connectivity index (χ0v) is 8.45. The molecule has 0 saturated heterocycles. The Hall–Kier alpha value is -1.36. The van der Waals surface area contributed by atoms with Crippen LogP contribution in [0.2, 0.25) is 0 Å². The lowest BCUT2D eigenvalue weighted by molar-refractivity contribution is 0.814. The van der Waals surface area contributed by atoms with Gasteiger partial charge in [-0.2, -0.15) is 10.6 Å². The fraction of sp³-hybridized carbons (Fsp3) is 0. The van der Waals surface area contributed by atoms with Crippen LogP contribution in [-0.2, 0) is 0 Å². The number of nitrogens with zero attached hydrogens (tertiary/aromatic N) is 2. The minimum atomic E-state index is 0.369. The van der Waals surface area contributed by atoms with Gasteiger partial charge in [0, 0.05) is 16.8 Å². The summed E-state index contributed by atoms with van der Waals surface area (Å²) in [7, 11) is 0. The van der Waals surface area contributed by atoms with E-state index in [0.29, 0.717) is 5.84 Å². The molecule has 0 aliphatic carbocycles. The normalized spacial score (nSPS) is 11.0. The minimum Gasteiger partial charge on any atom is -0.382 e. The van der Waals surface area contributed by atoms with Gasteiger partial charge in [-0.15, -0.1) is 5.10 Å². The Morgan fingerprint density at radius 3 is 2.92 bits per heavy atom. The number of amidine groups is 1. The summed E-state index contributed by atoms with van der Waals surface area (Å²) >= 11 is 3.33. The molecule has 0 spiro atoms. The summed E-state index contributed by atoms with van der Waals surface area (Å²) in [6.45, 7) is 3.21. The Bertz CT molecular complexity index is 335. The lowest BCUT2D eigenvalue weighted by Crippen LogP contribution is -2.16. The number of nitrogens with one attached hydrogen (secondary N) is 1. The first-order valence-corrected chi connectivity index (χ1v) is 4.33. The Morgan fingerprint density at radius 1 is 1.54 bits per heavy atom. The maximum atomic E-state index is 5.63. The second-order valence-corrected chi connectivity index (χ2v) is 3.18. The van der Waals surface area contributed by atoms with Crippen LogP contribution in [0.1, 0.15) is 5.56 Å². The van der Waals surface area contributed by atoms with Crippen molar-refractivity contribution in [2.24, 2.45) is 15.9 Å². The van der Waals surface area contributed by atoms with Gasteiger partial charge in [0.2, 0.25) is 0 Å². The van der Waals surface area contributed by atoms with Gasteiger partial charge in [0.25, 0.3) is 0 Å². The van der Waals surface area contributed by atoms with Crippen molar-refractivity contribution in [3.05, 3.63) is 34.3 Å². The van der Waals surface area contributed by atoms with Crippen LogP contribution < -0.4 is 11.3 Å². The Morgan fingerprint density at radius 2 is 2.31 bits per heavy atom. The van der Waals surface area contributed by atoms with Crippen molar-refractivity contribution in [2.45, 2.75) is 0 Å². The third kappa shape index (κ3) is 2.87. The second-order valence-electron chi connectivity index (χ2n) is 2.27. The molecule has 5 heteroatoms. The third-order valence-electron chi connectivity index (χ3n) is 1.36. The molecule has 3 N–H and O–H groups in total. The molecule has 0 fully saturated rings. The average Bonchev–Trinajstić information content (AvgIpc) is 2.14. The van der Waals surface area contributed by atoms with Crippen LogP contribution in [0, 0.1) is 0 Å². The van der Waals surface area contributed by atoms with Crippen LogP contribution >= 0.6 is 15.9 Å². The summed E-state index contributed by atoms with van der Waals surface area (Å²) in [5.74, 6) is 0.369. The lowest BCUT2D eigenvalue weighted by atomic mass is 10.2. The SMILES string of the molecule is C=NN/N=C(\N)c1cccc(Br)c1. The number of hydrazone groups is 2. The fourth-order valence-electron chi connectivity index (χ4n) is 0.802. The number of nitrogens with two attached hydrogens (primary N) is 1. The Balaban J connectivity index is 2.88. The summed E-state index contributed by atoms with van der Waals surface area (Å²) < 4.78 is 0.953. The summed E-state index contributed by atoms with van der Waals surface area (Å²) in [4.78, 5) is 0. The van der Waals surface area contributed by atoms with E-state index in [2.05, 4.69) is 38.4 Å². The molecule has 0 amide bonds. The fourth-order valence-corrected chi connectivity index (χ4v) is 1.20. The summed E-state index contributed by atoms with van der Waals surface area (Å²) in [6, 6.07) is 7.51. The molecule has 0 atom stereocenters. The molecule has 4 nitrogen and oxygen atoms in total. The van der Waals surface area contributed by atoms with Crippen molar-refractivity contribution in [2.75, 3.05) is 0 Å². The van der Waals surface area contributed by atoms with Crippen LogP contribution in [-0.4, -0.2) is 12.6 Å². The molecular formula is C8H9BrN4. The molecule has 0 unspecified atom stereocenters. The molecule has 0 aliphatic heterocycles. The molecule has 1 aromatic rings. The van der Waals surface area contributed by atoms with Gasteiger partial charge in [0.15, 0.2) is 5.84 Å². The average molecular weight is 241 g/mol. The van der Waals surface area contributed by atoms with E-state index in [0.717, 1.165) is 10.0 Å². The highest BCUT2D eigenvalue weighted by Crippen LogP contribution is 2.10. The summed E-state index contributed by atoms with van der Waals surface area (Å²) in [5.41, 5.74) is 8.78. The smallest absolute Gasteiger partial charge is 0.152 e. The predicted octanol–water partition coefficient (Wildman–Crippen LogP) is 1.27. The van der Waals surface area contributed by atoms with Gasteiger partial charge < -0.3 is 5.73 Å². The maximum Gasteiger partial charge on any atom is 0.152 e. The zero-order chi connectivity index (χ0) is 9.68.